The van der Waals surface area contributed by atoms with Crippen LogP contribution in [0.5, 0.6) is 0 Å². The monoisotopic (exact) mass is 358 g/mol. The molecule has 0 saturated carbocycles. The van der Waals surface area contributed by atoms with Gasteiger partial charge in [0.1, 0.15) is 23.7 Å². The number of nitrogens with two attached hydrogens (primary N) is 1. The van der Waals surface area contributed by atoms with E-state index in [4.69, 9.17) is 5.73 Å². The zero-order valence-corrected chi connectivity index (χ0v) is 13.9. The number of carbonyl (C=O) groups is 1. The van der Waals surface area contributed by atoms with Crippen molar-refractivity contribution in [1.29, 1.82) is 0 Å². The molecule has 0 saturated heterocycles. The lowest BCUT2D eigenvalue weighted by molar-refractivity contribution is -0.122. The van der Waals surface area contributed by atoms with Crippen LogP contribution in [0.2, 0.25) is 0 Å². The molecule has 8 heteroatoms. The number of benzene rings is 1. The molecule has 0 aliphatic carbocycles. The molecule has 0 unspecified atom stereocenters. The summed E-state index contributed by atoms with van der Waals surface area (Å²) < 4.78 is 13.9. The van der Waals surface area contributed by atoms with Crippen molar-refractivity contribution in [3.63, 3.8) is 0 Å². The number of thiophene rings is 1. The standard InChI is InChI=1S/C17H15FN4O2S/c18-12-5-3-11(4-6-12)9-20-16(23)10-22-17(24)13(19)8-14(21-22)15-2-1-7-25-15/h1-8H,9-10,19H2,(H,20,23). The van der Waals surface area contributed by atoms with E-state index in [0.29, 0.717) is 5.69 Å². The molecule has 0 aliphatic rings. The highest BCUT2D eigenvalue weighted by Crippen LogP contribution is 2.22. The van der Waals surface area contributed by atoms with E-state index in [1.807, 2.05) is 17.5 Å². The first-order chi connectivity index (χ1) is 12.0. The number of nitrogen functional groups attached to an aromatic ring is 1. The minimum Gasteiger partial charge on any atom is -0.394 e. The smallest absolute Gasteiger partial charge is 0.290 e. The quantitative estimate of drug-likeness (QED) is 0.730. The second kappa shape index (κ2) is 7.27. The average molecular weight is 358 g/mol. The Kier molecular flexibility index (Phi) is 4.90. The summed E-state index contributed by atoms with van der Waals surface area (Å²) >= 11 is 1.46. The molecule has 128 valence electrons. The van der Waals surface area contributed by atoms with E-state index in [1.54, 1.807) is 12.1 Å². The number of anilines is 1. The molecule has 0 aliphatic heterocycles. The van der Waals surface area contributed by atoms with Gasteiger partial charge >= 0.3 is 0 Å². The van der Waals surface area contributed by atoms with Gasteiger partial charge in [-0.2, -0.15) is 5.10 Å². The Hall–Kier alpha value is -3.00. The topological polar surface area (TPSA) is 90.0 Å². The molecular weight excluding hydrogens is 343 g/mol. The predicted molar refractivity (Wildman–Crippen MR) is 94.5 cm³/mol. The van der Waals surface area contributed by atoms with Crippen molar-refractivity contribution < 1.29 is 9.18 Å². The minimum absolute atomic E-state index is 0.0322. The van der Waals surface area contributed by atoms with Crippen molar-refractivity contribution in [3.05, 3.63) is 69.6 Å². The van der Waals surface area contributed by atoms with Gasteiger partial charge in [0.25, 0.3) is 5.56 Å². The second-order valence-corrected chi connectivity index (χ2v) is 6.28. The molecule has 0 atom stereocenters. The number of amides is 1. The molecule has 0 bridgehead atoms. The number of rotatable bonds is 5. The maximum absolute atomic E-state index is 12.9. The number of carbonyl (C=O) groups excluding carboxylic acids is 1. The fourth-order valence-corrected chi connectivity index (χ4v) is 2.89. The van der Waals surface area contributed by atoms with E-state index in [2.05, 4.69) is 10.4 Å². The summed E-state index contributed by atoms with van der Waals surface area (Å²) in [4.78, 5) is 25.0. The van der Waals surface area contributed by atoms with E-state index in [-0.39, 0.29) is 30.5 Å². The van der Waals surface area contributed by atoms with Crippen LogP contribution in [0.4, 0.5) is 10.1 Å². The molecule has 1 amide bonds. The van der Waals surface area contributed by atoms with Gasteiger partial charge in [-0.25, -0.2) is 9.07 Å². The Labute approximate surface area is 146 Å². The normalized spacial score (nSPS) is 10.6. The number of nitrogens with one attached hydrogen (secondary N) is 1. The fraction of sp³-hybridized carbons (Fsp3) is 0.118. The molecule has 25 heavy (non-hydrogen) atoms. The van der Waals surface area contributed by atoms with Crippen molar-refractivity contribution in [2.75, 3.05) is 5.73 Å². The van der Waals surface area contributed by atoms with E-state index in [9.17, 15) is 14.0 Å². The van der Waals surface area contributed by atoms with Gasteiger partial charge in [0.05, 0.1) is 4.88 Å². The Morgan fingerprint density at radius 1 is 1.28 bits per heavy atom. The van der Waals surface area contributed by atoms with Gasteiger partial charge in [-0.3, -0.25) is 9.59 Å². The lowest BCUT2D eigenvalue weighted by Gasteiger charge is -2.09. The van der Waals surface area contributed by atoms with Crippen molar-refractivity contribution in [1.82, 2.24) is 15.1 Å². The largest absolute Gasteiger partial charge is 0.394 e. The van der Waals surface area contributed by atoms with Crippen molar-refractivity contribution in [2.24, 2.45) is 0 Å². The summed E-state index contributed by atoms with van der Waals surface area (Å²) in [6.07, 6.45) is 0. The summed E-state index contributed by atoms with van der Waals surface area (Å²) in [6, 6.07) is 11.0. The van der Waals surface area contributed by atoms with Gasteiger partial charge in [-0.1, -0.05) is 18.2 Å². The highest BCUT2D eigenvalue weighted by atomic mass is 32.1. The minimum atomic E-state index is -0.516. The van der Waals surface area contributed by atoms with Crippen LogP contribution in [0.3, 0.4) is 0 Å². The van der Waals surface area contributed by atoms with Gasteiger partial charge in [0.15, 0.2) is 0 Å². The van der Waals surface area contributed by atoms with Gasteiger partial charge in [0, 0.05) is 6.54 Å². The van der Waals surface area contributed by atoms with E-state index >= 15 is 0 Å². The van der Waals surface area contributed by atoms with Crippen molar-refractivity contribution >= 4 is 22.9 Å². The lowest BCUT2D eigenvalue weighted by Crippen LogP contribution is -2.34. The SMILES string of the molecule is Nc1cc(-c2cccs2)nn(CC(=O)NCc2ccc(F)cc2)c1=O. The van der Waals surface area contributed by atoms with Gasteiger partial charge < -0.3 is 11.1 Å². The number of halogens is 1. The molecule has 3 aromatic rings. The first-order valence-electron chi connectivity index (χ1n) is 7.45. The van der Waals surface area contributed by atoms with Gasteiger partial charge in [-0.05, 0) is 35.2 Å². The first kappa shape index (κ1) is 16.8. The summed E-state index contributed by atoms with van der Waals surface area (Å²) in [7, 11) is 0. The van der Waals surface area contributed by atoms with Crippen LogP contribution in [0.15, 0.2) is 52.6 Å². The molecule has 3 rings (SSSR count). The molecule has 6 nitrogen and oxygen atoms in total. The van der Waals surface area contributed by atoms with E-state index in [0.717, 1.165) is 15.1 Å². The average Bonchev–Trinajstić information content (AvgIpc) is 3.13. The predicted octanol–water partition coefficient (Wildman–Crippen LogP) is 2.01. The van der Waals surface area contributed by atoms with Gasteiger partial charge in [0.2, 0.25) is 5.91 Å². The molecule has 0 radical (unpaired) electrons. The maximum Gasteiger partial charge on any atom is 0.290 e. The first-order valence-corrected chi connectivity index (χ1v) is 8.33. The van der Waals surface area contributed by atoms with Crippen LogP contribution in [-0.2, 0) is 17.9 Å². The Morgan fingerprint density at radius 2 is 2.04 bits per heavy atom. The van der Waals surface area contributed by atoms with Crippen LogP contribution in [0.25, 0.3) is 10.6 Å². The van der Waals surface area contributed by atoms with Crippen LogP contribution in [0, 0.1) is 5.82 Å². The Bertz CT molecular complexity index is 936. The molecule has 2 aromatic heterocycles. The Morgan fingerprint density at radius 3 is 2.72 bits per heavy atom. The second-order valence-electron chi connectivity index (χ2n) is 5.33. The summed E-state index contributed by atoms with van der Waals surface area (Å²) in [5.74, 6) is -0.728. The zero-order chi connectivity index (χ0) is 17.8. The lowest BCUT2D eigenvalue weighted by atomic mass is 10.2. The molecule has 0 fully saturated rings. The zero-order valence-electron chi connectivity index (χ0n) is 13.1. The molecule has 3 N–H and O–H groups in total. The third-order valence-electron chi connectivity index (χ3n) is 3.47. The van der Waals surface area contributed by atoms with E-state index < -0.39 is 5.56 Å². The van der Waals surface area contributed by atoms with Gasteiger partial charge in [-0.15, -0.1) is 11.3 Å². The van der Waals surface area contributed by atoms with Crippen LogP contribution < -0.4 is 16.6 Å². The summed E-state index contributed by atoms with van der Waals surface area (Å²) in [6.45, 7) is -0.0165. The third kappa shape index (κ3) is 4.10. The highest BCUT2D eigenvalue weighted by Gasteiger charge is 2.11. The Balaban J connectivity index is 1.72. The third-order valence-corrected chi connectivity index (χ3v) is 4.36. The number of aromatic nitrogens is 2. The van der Waals surface area contributed by atoms with Crippen LogP contribution >= 0.6 is 11.3 Å². The molecule has 2 heterocycles. The fourth-order valence-electron chi connectivity index (χ4n) is 2.21. The molecule has 0 spiro atoms. The van der Waals surface area contributed by atoms with Crippen molar-refractivity contribution in [3.8, 4) is 10.6 Å². The summed E-state index contributed by atoms with van der Waals surface area (Å²) in [5.41, 5.74) is 6.55. The van der Waals surface area contributed by atoms with Crippen molar-refractivity contribution in [2.45, 2.75) is 13.1 Å². The van der Waals surface area contributed by atoms with Crippen LogP contribution in [-0.4, -0.2) is 15.7 Å². The highest BCUT2D eigenvalue weighted by molar-refractivity contribution is 7.13. The number of hydrogen-bond acceptors (Lipinski definition) is 5. The molecular formula is C17H15FN4O2S. The maximum atomic E-state index is 12.9. The number of hydrogen-bond donors (Lipinski definition) is 2. The van der Waals surface area contributed by atoms with Crippen LogP contribution in [0.1, 0.15) is 5.56 Å². The number of nitrogens with zero attached hydrogens (tertiary/aromatic N) is 2. The molecule has 1 aromatic carbocycles. The van der Waals surface area contributed by atoms with E-state index in [1.165, 1.54) is 29.5 Å². The summed E-state index contributed by atoms with van der Waals surface area (Å²) in [5, 5.41) is 8.76.